The molecular formula is C22H31N3O8. The Morgan fingerprint density at radius 2 is 1.61 bits per heavy atom. The maximum absolute atomic E-state index is 12.4. The first-order chi connectivity index (χ1) is 15.8. The van der Waals surface area contributed by atoms with Gasteiger partial charge in [0.2, 0.25) is 5.75 Å². The summed E-state index contributed by atoms with van der Waals surface area (Å²) in [6.45, 7) is 0.932. The van der Waals surface area contributed by atoms with E-state index < -0.39 is 37.0 Å². The molecule has 0 spiro atoms. The van der Waals surface area contributed by atoms with E-state index in [1.807, 2.05) is 0 Å². The number of methoxy groups -OCH3 is 3. The van der Waals surface area contributed by atoms with E-state index >= 15 is 0 Å². The van der Waals surface area contributed by atoms with Gasteiger partial charge in [-0.05, 0) is 30.9 Å². The van der Waals surface area contributed by atoms with E-state index in [2.05, 4.69) is 22.9 Å². The number of carbonyl (C=O) groups is 4. The maximum atomic E-state index is 12.4. The molecule has 0 saturated heterocycles. The molecule has 1 aliphatic rings. The van der Waals surface area contributed by atoms with Crippen molar-refractivity contribution in [1.29, 1.82) is 0 Å². The summed E-state index contributed by atoms with van der Waals surface area (Å²) in [7, 11) is 4.27. The second-order valence-corrected chi connectivity index (χ2v) is 7.65. The summed E-state index contributed by atoms with van der Waals surface area (Å²) < 4.78 is 20.4. The number of nitrogens with one attached hydrogen (secondary N) is 3. The Bertz CT molecular complexity index is 848. The minimum atomic E-state index is -0.841. The van der Waals surface area contributed by atoms with Crippen LogP contribution in [0.3, 0.4) is 0 Å². The van der Waals surface area contributed by atoms with Gasteiger partial charge in [0, 0.05) is 11.6 Å². The van der Waals surface area contributed by atoms with Crippen LogP contribution in [0.15, 0.2) is 12.1 Å². The number of imide groups is 1. The van der Waals surface area contributed by atoms with Gasteiger partial charge in [-0.15, -0.1) is 0 Å². The second-order valence-electron chi connectivity index (χ2n) is 7.65. The van der Waals surface area contributed by atoms with Gasteiger partial charge in [0.25, 0.3) is 11.8 Å². The monoisotopic (exact) mass is 465 g/mol. The van der Waals surface area contributed by atoms with Crippen molar-refractivity contribution in [3.8, 4) is 17.2 Å². The van der Waals surface area contributed by atoms with Crippen molar-refractivity contribution in [3.05, 3.63) is 17.7 Å². The third-order valence-electron chi connectivity index (χ3n) is 5.37. The fraction of sp³-hybridized carbons (Fsp3) is 0.545. The van der Waals surface area contributed by atoms with Crippen LogP contribution < -0.4 is 30.2 Å². The van der Waals surface area contributed by atoms with E-state index in [4.69, 9.17) is 18.9 Å². The summed E-state index contributed by atoms with van der Waals surface area (Å²) in [4.78, 5) is 48.1. The van der Waals surface area contributed by atoms with E-state index in [-0.39, 0.29) is 23.1 Å². The van der Waals surface area contributed by atoms with Crippen LogP contribution in [0.25, 0.3) is 0 Å². The largest absolute Gasteiger partial charge is 0.493 e. The predicted octanol–water partition coefficient (Wildman–Crippen LogP) is 1.39. The molecule has 1 aromatic rings. The van der Waals surface area contributed by atoms with Crippen molar-refractivity contribution in [2.75, 3.05) is 34.5 Å². The number of rotatable bonds is 9. The normalized spacial score (nSPS) is 17.3. The van der Waals surface area contributed by atoms with E-state index in [9.17, 15) is 19.2 Å². The fourth-order valence-electron chi connectivity index (χ4n) is 3.56. The van der Waals surface area contributed by atoms with Gasteiger partial charge >= 0.3 is 12.0 Å². The molecule has 182 valence electrons. The summed E-state index contributed by atoms with van der Waals surface area (Å²) in [5.41, 5.74) is 0.170. The van der Waals surface area contributed by atoms with Gasteiger partial charge < -0.3 is 29.6 Å². The van der Waals surface area contributed by atoms with Gasteiger partial charge in [-0.25, -0.2) is 4.79 Å². The lowest BCUT2D eigenvalue weighted by molar-refractivity contribution is -0.147. The fourth-order valence-corrected chi connectivity index (χ4v) is 3.56. The lowest BCUT2D eigenvalue weighted by atomic mass is 9.86. The lowest BCUT2D eigenvalue weighted by Crippen LogP contribution is -2.48. The average Bonchev–Trinajstić information content (AvgIpc) is 2.81. The molecule has 0 bridgehead atoms. The minimum absolute atomic E-state index is 0.0134. The molecule has 0 aromatic heterocycles. The van der Waals surface area contributed by atoms with Crippen molar-refractivity contribution >= 4 is 23.8 Å². The van der Waals surface area contributed by atoms with Crippen molar-refractivity contribution in [2.24, 2.45) is 5.92 Å². The maximum Gasteiger partial charge on any atom is 0.325 e. The molecule has 2 atom stereocenters. The number of hydrogen-bond acceptors (Lipinski definition) is 8. The summed E-state index contributed by atoms with van der Waals surface area (Å²) in [5.74, 6) is -0.968. The molecule has 1 aromatic carbocycles. The zero-order chi connectivity index (χ0) is 24.4. The van der Waals surface area contributed by atoms with Gasteiger partial charge in [0.05, 0.1) is 21.3 Å². The molecule has 1 fully saturated rings. The van der Waals surface area contributed by atoms with Crippen LogP contribution >= 0.6 is 0 Å². The Morgan fingerprint density at radius 1 is 0.970 bits per heavy atom. The number of benzene rings is 1. The molecule has 11 heteroatoms. The molecule has 0 aliphatic heterocycles. The highest BCUT2D eigenvalue weighted by Crippen LogP contribution is 2.38. The van der Waals surface area contributed by atoms with Gasteiger partial charge in [-0.2, -0.15) is 0 Å². The molecule has 2 rings (SSSR count). The van der Waals surface area contributed by atoms with Crippen LogP contribution in [-0.4, -0.2) is 64.3 Å². The van der Waals surface area contributed by atoms with Crippen LogP contribution in [0.1, 0.15) is 43.0 Å². The molecule has 11 nitrogen and oxygen atoms in total. The van der Waals surface area contributed by atoms with Crippen molar-refractivity contribution < 1.29 is 38.1 Å². The highest BCUT2D eigenvalue weighted by atomic mass is 16.5. The Balaban J connectivity index is 1.77. The summed E-state index contributed by atoms with van der Waals surface area (Å²) in [6, 6.07) is 2.26. The van der Waals surface area contributed by atoms with Crippen LogP contribution in [0, 0.1) is 5.92 Å². The Kier molecular flexibility index (Phi) is 9.77. The first-order valence-corrected chi connectivity index (χ1v) is 10.6. The van der Waals surface area contributed by atoms with Gasteiger partial charge in [-0.3, -0.25) is 19.7 Å². The molecule has 2 unspecified atom stereocenters. The van der Waals surface area contributed by atoms with Crippen molar-refractivity contribution in [1.82, 2.24) is 16.0 Å². The highest BCUT2D eigenvalue weighted by Gasteiger charge is 2.23. The molecule has 4 amide bonds. The zero-order valence-electron chi connectivity index (χ0n) is 19.3. The third-order valence-corrected chi connectivity index (χ3v) is 5.37. The number of hydrogen-bond donors (Lipinski definition) is 3. The SMILES string of the molecule is COc1cc(C(=O)NCC(=O)OCC(=O)NC(=O)NC2CCCCC2C)cc(OC)c1OC. The second kappa shape index (κ2) is 12.5. The summed E-state index contributed by atoms with van der Waals surface area (Å²) >= 11 is 0. The predicted molar refractivity (Wildman–Crippen MR) is 117 cm³/mol. The quantitative estimate of drug-likeness (QED) is 0.465. The Hall–Kier alpha value is -3.50. The zero-order valence-corrected chi connectivity index (χ0v) is 19.3. The van der Waals surface area contributed by atoms with Crippen molar-refractivity contribution in [2.45, 2.75) is 38.6 Å². The molecular weight excluding hydrogens is 434 g/mol. The van der Waals surface area contributed by atoms with Crippen LogP contribution in [-0.2, 0) is 14.3 Å². The molecule has 1 saturated carbocycles. The number of esters is 1. The number of ether oxygens (including phenoxy) is 4. The summed E-state index contributed by atoms with van der Waals surface area (Å²) in [6.07, 6.45) is 4.05. The number of amides is 4. The minimum Gasteiger partial charge on any atom is -0.493 e. The van der Waals surface area contributed by atoms with E-state index in [1.54, 1.807) is 0 Å². The number of carbonyl (C=O) groups excluding carboxylic acids is 4. The van der Waals surface area contributed by atoms with Crippen LogP contribution in [0.4, 0.5) is 4.79 Å². The van der Waals surface area contributed by atoms with E-state index in [0.29, 0.717) is 11.7 Å². The van der Waals surface area contributed by atoms with Gasteiger partial charge in [-0.1, -0.05) is 19.8 Å². The van der Waals surface area contributed by atoms with E-state index in [1.165, 1.54) is 33.5 Å². The van der Waals surface area contributed by atoms with E-state index in [0.717, 1.165) is 25.7 Å². The average molecular weight is 466 g/mol. The standard InChI is InChI=1S/C22H31N3O8/c1-13-7-5-6-8-15(13)24-22(29)25-18(26)12-33-19(27)11-23-21(28)14-9-16(30-2)20(32-4)17(10-14)31-3/h9-10,13,15H,5-8,11-12H2,1-4H3,(H,23,28)(H2,24,25,26,29). The lowest BCUT2D eigenvalue weighted by Gasteiger charge is -2.29. The molecule has 0 heterocycles. The number of urea groups is 1. The molecule has 1 aliphatic carbocycles. The van der Waals surface area contributed by atoms with Crippen molar-refractivity contribution in [3.63, 3.8) is 0 Å². The molecule has 33 heavy (non-hydrogen) atoms. The highest BCUT2D eigenvalue weighted by molar-refractivity contribution is 5.98. The van der Waals surface area contributed by atoms with Crippen LogP contribution in [0.5, 0.6) is 17.2 Å². The van der Waals surface area contributed by atoms with Gasteiger partial charge in [0.1, 0.15) is 6.54 Å². The topological polar surface area (TPSA) is 141 Å². The molecule has 0 radical (unpaired) electrons. The first kappa shape index (κ1) is 25.8. The van der Waals surface area contributed by atoms with Gasteiger partial charge in [0.15, 0.2) is 18.1 Å². The smallest absolute Gasteiger partial charge is 0.325 e. The molecule has 3 N–H and O–H groups in total. The van der Waals surface area contributed by atoms with Crippen LogP contribution in [0.2, 0.25) is 0 Å². The third kappa shape index (κ3) is 7.55. The Labute approximate surface area is 192 Å². The first-order valence-electron chi connectivity index (χ1n) is 10.6. The summed E-state index contributed by atoms with van der Waals surface area (Å²) in [5, 5.41) is 7.30. The Morgan fingerprint density at radius 3 is 2.18 bits per heavy atom.